The predicted octanol–water partition coefficient (Wildman–Crippen LogP) is 7.45. The highest BCUT2D eigenvalue weighted by molar-refractivity contribution is 6.35. The molecule has 6 rings (SSSR count). The van der Waals surface area contributed by atoms with Crippen LogP contribution in [-0.4, -0.2) is 37.9 Å². The summed E-state index contributed by atoms with van der Waals surface area (Å²) in [6.07, 6.45) is 2.51. The molecule has 12 heteroatoms. The topological polar surface area (TPSA) is 104 Å². The van der Waals surface area contributed by atoms with Crippen LogP contribution in [0, 0.1) is 22.6 Å². The average Bonchev–Trinajstić information content (AvgIpc) is 3.65. The van der Waals surface area contributed by atoms with Gasteiger partial charge in [0.1, 0.15) is 28.6 Å². The monoisotopic (exact) mass is 604 g/mol. The molecule has 0 amide bonds. The zero-order valence-electron chi connectivity index (χ0n) is 23.7. The molecule has 0 bridgehead atoms. The first-order valence-corrected chi connectivity index (χ1v) is 14.2. The molecule has 1 aliphatic rings. The quantitative estimate of drug-likeness (QED) is 0.189. The summed E-state index contributed by atoms with van der Waals surface area (Å²) in [5.74, 6) is -0.491. The van der Waals surface area contributed by atoms with E-state index < -0.39 is 23.8 Å². The summed E-state index contributed by atoms with van der Waals surface area (Å²) in [7, 11) is 0. The molecule has 2 N–H and O–H groups in total. The summed E-state index contributed by atoms with van der Waals surface area (Å²) in [4.78, 5) is 8.65. The number of nitrogens with one attached hydrogen (secondary N) is 2. The van der Waals surface area contributed by atoms with Crippen LogP contribution >= 0.6 is 11.6 Å². The first kappa shape index (κ1) is 28.7. The van der Waals surface area contributed by atoms with Gasteiger partial charge >= 0.3 is 0 Å². The first-order valence-electron chi connectivity index (χ1n) is 13.8. The lowest BCUT2D eigenvalue weighted by Crippen LogP contribution is -2.26. The molecule has 0 spiro atoms. The second-order valence-corrected chi connectivity index (χ2v) is 12.4. The summed E-state index contributed by atoms with van der Waals surface area (Å²) in [5.41, 5.74) is 1.70. The molecular formula is C31H28ClF3N8. The van der Waals surface area contributed by atoms with Crippen molar-refractivity contribution in [2.75, 3.05) is 17.2 Å². The highest BCUT2D eigenvalue weighted by Crippen LogP contribution is 2.48. The second kappa shape index (κ2) is 10.7. The van der Waals surface area contributed by atoms with Crippen LogP contribution in [0.4, 0.5) is 24.5 Å². The minimum Gasteiger partial charge on any atom is -0.383 e. The molecule has 3 heterocycles. The van der Waals surface area contributed by atoms with Crippen LogP contribution in [0.1, 0.15) is 56.5 Å². The van der Waals surface area contributed by atoms with Crippen molar-refractivity contribution in [1.82, 2.24) is 25.0 Å². The molecule has 1 fully saturated rings. The summed E-state index contributed by atoms with van der Waals surface area (Å²) in [6, 6.07) is 11.3. The van der Waals surface area contributed by atoms with Crippen LogP contribution in [0.3, 0.4) is 0 Å². The van der Waals surface area contributed by atoms with Gasteiger partial charge in [-0.3, -0.25) is 9.97 Å². The van der Waals surface area contributed by atoms with Gasteiger partial charge in [0.25, 0.3) is 6.43 Å². The van der Waals surface area contributed by atoms with Gasteiger partial charge in [-0.1, -0.05) is 49.7 Å². The van der Waals surface area contributed by atoms with E-state index in [1.807, 2.05) is 6.07 Å². The number of halogens is 4. The first-order chi connectivity index (χ1) is 20.5. The van der Waals surface area contributed by atoms with Crippen molar-refractivity contribution in [3.05, 3.63) is 82.6 Å². The van der Waals surface area contributed by atoms with E-state index >= 15 is 0 Å². The molecule has 0 saturated heterocycles. The Morgan fingerprint density at radius 2 is 1.91 bits per heavy atom. The highest BCUT2D eigenvalue weighted by Gasteiger charge is 2.54. The lowest BCUT2D eigenvalue weighted by molar-refractivity contribution is 0.0593. The number of pyridine rings is 2. The van der Waals surface area contributed by atoms with E-state index in [2.05, 4.69) is 57.8 Å². The van der Waals surface area contributed by atoms with E-state index in [4.69, 9.17) is 11.6 Å². The van der Waals surface area contributed by atoms with Gasteiger partial charge in [0.15, 0.2) is 0 Å². The fourth-order valence-electron chi connectivity index (χ4n) is 5.16. The van der Waals surface area contributed by atoms with Gasteiger partial charge < -0.3 is 10.6 Å². The van der Waals surface area contributed by atoms with Gasteiger partial charge in [0.05, 0.1) is 34.0 Å². The summed E-state index contributed by atoms with van der Waals surface area (Å²) in [5, 5.41) is 26.5. The van der Waals surface area contributed by atoms with E-state index in [9.17, 15) is 18.4 Å². The Morgan fingerprint density at radius 3 is 2.60 bits per heavy atom. The number of nitriles is 1. The number of nitrogens with zero attached hydrogens (tertiary/aromatic N) is 6. The molecule has 0 radical (unpaired) electrons. The minimum atomic E-state index is -2.59. The number of hydrogen-bond donors (Lipinski definition) is 2. The molecule has 220 valence electrons. The fraction of sp³-hybridized carbons (Fsp3) is 0.323. The van der Waals surface area contributed by atoms with Gasteiger partial charge in [-0.25, -0.2) is 17.9 Å². The molecule has 43 heavy (non-hydrogen) atoms. The predicted molar refractivity (Wildman–Crippen MR) is 160 cm³/mol. The zero-order valence-corrected chi connectivity index (χ0v) is 24.4. The van der Waals surface area contributed by atoms with Crippen molar-refractivity contribution in [3.63, 3.8) is 0 Å². The van der Waals surface area contributed by atoms with Crippen molar-refractivity contribution < 1.29 is 13.2 Å². The minimum absolute atomic E-state index is 0.0757. The van der Waals surface area contributed by atoms with Crippen molar-refractivity contribution in [1.29, 1.82) is 5.26 Å². The van der Waals surface area contributed by atoms with Crippen LogP contribution in [0.2, 0.25) is 5.02 Å². The molecule has 1 atom stereocenters. The van der Waals surface area contributed by atoms with Crippen molar-refractivity contribution >= 4 is 44.8 Å². The molecule has 0 aliphatic heterocycles. The summed E-state index contributed by atoms with van der Waals surface area (Å²) >= 11 is 6.73. The Balaban J connectivity index is 1.50. The van der Waals surface area contributed by atoms with Crippen LogP contribution in [0.5, 0.6) is 0 Å². The lowest BCUT2D eigenvalue weighted by Gasteiger charge is -2.23. The normalized spacial score (nSPS) is 15.0. The molecule has 1 unspecified atom stereocenters. The van der Waals surface area contributed by atoms with Crippen LogP contribution < -0.4 is 10.6 Å². The van der Waals surface area contributed by atoms with Crippen LogP contribution in [0.25, 0.3) is 21.8 Å². The fourth-order valence-corrected chi connectivity index (χ4v) is 5.43. The Labute approximate surface area is 250 Å². The third-order valence-electron chi connectivity index (χ3n) is 7.65. The van der Waals surface area contributed by atoms with Gasteiger partial charge in [0.2, 0.25) is 0 Å². The van der Waals surface area contributed by atoms with Crippen molar-refractivity contribution in [3.8, 4) is 6.07 Å². The lowest BCUT2D eigenvalue weighted by atomic mass is 9.96. The van der Waals surface area contributed by atoms with E-state index in [0.717, 1.165) is 0 Å². The molecule has 1 aliphatic carbocycles. The van der Waals surface area contributed by atoms with Crippen LogP contribution in [0.15, 0.2) is 55.0 Å². The molecular weight excluding hydrogens is 577 g/mol. The number of fused-ring (bicyclic) bond motifs is 2. The van der Waals surface area contributed by atoms with Crippen molar-refractivity contribution in [2.45, 2.75) is 51.6 Å². The maximum absolute atomic E-state index is 14.8. The van der Waals surface area contributed by atoms with E-state index in [0.29, 0.717) is 68.9 Å². The third-order valence-corrected chi connectivity index (χ3v) is 7.94. The van der Waals surface area contributed by atoms with E-state index in [1.54, 1.807) is 24.3 Å². The van der Waals surface area contributed by atoms with Gasteiger partial charge in [-0.15, -0.1) is 5.10 Å². The van der Waals surface area contributed by atoms with Gasteiger partial charge in [-0.2, -0.15) is 5.26 Å². The molecule has 3 aromatic heterocycles. The average molecular weight is 605 g/mol. The summed E-state index contributed by atoms with van der Waals surface area (Å²) < 4.78 is 43.8. The molecule has 8 nitrogen and oxygen atoms in total. The Hall–Kier alpha value is -4.43. The zero-order chi connectivity index (χ0) is 30.5. The highest BCUT2D eigenvalue weighted by atomic mass is 35.5. The SMILES string of the molecule is CC(C)(C)CNc1c(C#N)cnc2c(Cl)cc(NC(c3cn(C4(C(F)F)CC4)nn3)c3ccc(F)c4ncccc34)cc12. The number of benzene rings is 2. The number of hydrogen-bond acceptors (Lipinski definition) is 7. The summed E-state index contributed by atoms with van der Waals surface area (Å²) in [6.45, 7) is 6.82. The maximum atomic E-state index is 14.8. The Kier molecular flexibility index (Phi) is 7.13. The number of aromatic nitrogens is 5. The standard InChI is InChI=1S/C31H28ClF3N8/c1-30(2,3)16-39-25-17(13-36)14-38-26-21(25)11-18(12-22(26)32)40-28(20-6-7-23(33)27-19(20)5-4-10-37-27)24-15-43(42-41-24)31(8-9-31)29(34)35/h4-7,10-12,14-15,28-29,40H,8-9,16H2,1-3H3,(H,38,39). The molecule has 5 aromatic rings. The van der Waals surface area contributed by atoms with Crippen LogP contribution in [-0.2, 0) is 5.54 Å². The Bertz CT molecular complexity index is 1890. The van der Waals surface area contributed by atoms with Gasteiger partial charge in [0, 0.05) is 35.4 Å². The molecule has 2 aromatic carbocycles. The van der Waals surface area contributed by atoms with Crippen molar-refractivity contribution in [2.24, 2.45) is 5.41 Å². The maximum Gasteiger partial charge on any atom is 0.263 e. The number of rotatable bonds is 8. The van der Waals surface area contributed by atoms with E-state index in [1.165, 1.54) is 29.3 Å². The third kappa shape index (κ3) is 5.31. The largest absolute Gasteiger partial charge is 0.383 e. The second-order valence-electron chi connectivity index (χ2n) is 12.0. The molecule has 1 saturated carbocycles. The van der Waals surface area contributed by atoms with E-state index in [-0.39, 0.29) is 10.9 Å². The number of alkyl halides is 2. The smallest absolute Gasteiger partial charge is 0.263 e. The Morgan fingerprint density at radius 1 is 1.12 bits per heavy atom. The van der Waals surface area contributed by atoms with Gasteiger partial charge in [-0.05, 0) is 48.1 Å². The number of anilines is 2.